The van der Waals surface area contributed by atoms with Crippen molar-refractivity contribution in [3.8, 4) is 11.1 Å². The van der Waals surface area contributed by atoms with Crippen LogP contribution in [0.5, 0.6) is 0 Å². The summed E-state index contributed by atoms with van der Waals surface area (Å²) in [6.07, 6.45) is 1.21. The summed E-state index contributed by atoms with van der Waals surface area (Å²) in [5, 5.41) is 33.6. The molecule has 0 aliphatic carbocycles. The summed E-state index contributed by atoms with van der Waals surface area (Å²) in [6, 6.07) is 23.9. The number of aliphatic carboxylic acids is 1. The van der Waals surface area contributed by atoms with Gasteiger partial charge < -0.3 is 25.0 Å². The monoisotopic (exact) mass is 631 g/mol. The van der Waals surface area contributed by atoms with Crippen LogP contribution in [0.1, 0.15) is 66.8 Å². The van der Waals surface area contributed by atoms with E-state index in [9.17, 15) is 14.7 Å². The van der Waals surface area contributed by atoms with Crippen LogP contribution in [0.15, 0.2) is 78.0 Å². The lowest BCUT2D eigenvalue weighted by atomic mass is 9.99. The Kier molecular flexibility index (Phi) is 11.3. The Morgan fingerprint density at radius 1 is 0.956 bits per heavy atom. The Bertz CT molecular complexity index is 1560. The van der Waals surface area contributed by atoms with Crippen molar-refractivity contribution in [2.24, 2.45) is 7.05 Å². The van der Waals surface area contributed by atoms with E-state index in [0.717, 1.165) is 33.4 Å². The molecule has 0 unspecified atom stereocenters. The first kappa shape index (κ1) is 32.3. The van der Waals surface area contributed by atoms with Crippen LogP contribution in [0.3, 0.4) is 0 Å². The van der Waals surface area contributed by atoms with E-state index in [1.54, 1.807) is 4.68 Å². The second-order valence-electron chi connectivity index (χ2n) is 10.9. The third-order valence-electron chi connectivity index (χ3n) is 7.57. The number of hydrogen-bond donors (Lipinski definition) is 3. The summed E-state index contributed by atoms with van der Waals surface area (Å²) >= 11 is 1.54. The number of benzene rings is 3. The molecule has 0 spiro atoms. The Morgan fingerprint density at radius 3 is 2.42 bits per heavy atom. The van der Waals surface area contributed by atoms with Crippen molar-refractivity contribution < 1.29 is 29.3 Å². The summed E-state index contributed by atoms with van der Waals surface area (Å²) in [5.74, 6) is -0.275. The topological polar surface area (TPSA) is 149 Å². The van der Waals surface area contributed by atoms with Gasteiger partial charge in [0.2, 0.25) is 11.1 Å². The molecule has 1 saturated heterocycles. The van der Waals surface area contributed by atoms with Crippen LogP contribution >= 0.6 is 11.8 Å². The Morgan fingerprint density at radius 2 is 1.71 bits per heavy atom. The molecular formula is C33H37N5O6S. The number of carbonyl (C=O) groups excluding carboxylic acids is 1. The maximum atomic E-state index is 12.2. The number of carbonyl (C=O) groups is 2. The second-order valence-corrected chi connectivity index (χ2v) is 11.9. The van der Waals surface area contributed by atoms with E-state index in [1.807, 2.05) is 79.8 Å². The van der Waals surface area contributed by atoms with Gasteiger partial charge in [0.15, 0.2) is 6.29 Å². The minimum Gasteiger partial charge on any atom is -0.481 e. The van der Waals surface area contributed by atoms with Gasteiger partial charge in [0.25, 0.3) is 0 Å². The van der Waals surface area contributed by atoms with Crippen molar-refractivity contribution in [1.82, 2.24) is 25.5 Å². The van der Waals surface area contributed by atoms with Gasteiger partial charge in [-0.25, -0.2) is 4.68 Å². The predicted octanol–water partition coefficient (Wildman–Crippen LogP) is 4.97. The number of thioether (sulfide) groups is 1. The molecule has 12 heteroatoms. The molecule has 1 aliphatic heterocycles. The van der Waals surface area contributed by atoms with Crippen LogP contribution in [-0.4, -0.2) is 54.2 Å². The normalized spacial score (nSPS) is 18.0. The summed E-state index contributed by atoms with van der Waals surface area (Å²) in [6.45, 7) is 0.389. The van der Waals surface area contributed by atoms with E-state index in [2.05, 4.69) is 20.8 Å². The van der Waals surface area contributed by atoms with E-state index in [1.165, 1.54) is 11.8 Å². The fourth-order valence-electron chi connectivity index (χ4n) is 5.08. The zero-order valence-electron chi connectivity index (χ0n) is 25.0. The summed E-state index contributed by atoms with van der Waals surface area (Å²) in [7, 11) is 1.81. The predicted molar refractivity (Wildman–Crippen MR) is 168 cm³/mol. The molecule has 3 aromatic carbocycles. The number of ether oxygens (including phenoxy) is 2. The van der Waals surface area contributed by atoms with Crippen LogP contribution in [-0.2, 0) is 39.3 Å². The van der Waals surface area contributed by atoms with Crippen molar-refractivity contribution in [3.05, 3.63) is 95.1 Å². The zero-order chi connectivity index (χ0) is 31.6. The van der Waals surface area contributed by atoms with Gasteiger partial charge in [0, 0.05) is 44.2 Å². The van der Waals surface area contributed by atoms with E-state index < -0.39 is 12.3 Å². The van der Waals surface area contributed by atoms with Crippen molar-refractivity contribution in [1.29, 1.82) is 0 Å². The standard InChI is InChI=1S/C33H37N5O6S/c1-38-33(35-36-37-38)45-21-28-18-29(25-11-9-22(20-39)10-12-25)44-32(43-28)26-15-13-24(14-16-26)27-6-4-5-23(17-27)19-34-30(40)7-2-3-8-31(41)42/h4-6,9-17,28-29,32,39H,2-3,7-8,18-21H2,1H3,(H,34,40)(H,41,42)/t28-,29+,32+/m1/s1. The summed E-state index contributed by atoms with van der Waals surface area (Å²) < 4.78 is 14.6. The lowest BCUT2D eigenvalue weighted by Crippen LogP contribution is -2.31. The number of aryl methyl sites for hydroxylation is 1. The van der Waals surface area contributed by atoms with Crippen LogP contribution in [0.2, 0.25) is 0 Å². The molecule has 4 aromatic rings. The first-order valence-electron chi connectivity index (χ1n) is 14.9. The third kappa shape index (κ3) is 9.21. The van der Waals surface area contributed by atoms with Crippen molar-refractivity contribution in [3.63, 3.8) is 0 Å². The van der Waals surface area contributed by atoms with Crippen LogP contribution in [0.25, 0.3) is 11.1 Å². The lowest BCUT2D eigenvalue weighted by molar-refractivity contribution is -0.245. The Hall–Kier alpha value is -4.10. The number of tetrazole rings is 1. The average molecular weight is 632 g/mol. The molecule has 0 bridgehead atoms. The molecule has 1 aromatic heterocycles. The number of rotatable bonds is 14. The molecule has 1 fully saturated rings. The number of carboxylic acids is 1. The van der Waals surface area contributed by atoms with Crippen LogP contribution < -0.4 is 5.32 Å². The first-order chi connectivity index (χ1) is 21.9. The molecule has 1 amide bonds. The molecule has 5 rings (SSSR count). The molecular weight excluding hydrogens is 594 g/mol. The third-order valence-corrected chi connectivity index (χ3v) is 8.71. The number of nitrogens with one attached hydrogen (secondary N) is 1. The van der Waals surface area contributed by atoms with Crippen molar-refractivity contribution in [2.45, 2.75) is 68.9 Å². The molecule has 0 saturated carbocycles. The van der Waals surface area contributed by atoms with Crippen LogP contribution in [0, 0.1) is 0 Å². The van der Waals surface area contributed by atoms with Gasteiger partial charge in [-0.2, -0.15) is 0 Å². The van der Waals surface area contributed by atoms with E-state index in [4.69, 9.17) is 14.6 Å². The van der Waals surface area contributed by atoms with E-state index in [-0.39, 0.29) is 31.1 Å². The SMILES string of the molecule is Cn1nnnc1SC[C@H]1C[C@@H](c2ccc(CO)cc2)O[C@@H](c2ccc(-c3cccc(CNC(=O)CCCCC(=O)O)c3)cc2)O1. The Balaban J connectivity index is 1.24. The van der Waals surface area contributed by atoms with Gasteiger partial charge in [0.1, 0.15) is 0 Å². The summed E-state index contributed by atoms with van der Waals surface area (Å²) in [4.78, 5) is 22.8. The minimum absolute atomic E-state index is 0.0113. The molecule has 1 aliphatic rings. The number of nitrogens with zero attached hydrogens (tertiary/aromatic N) is 4. The number of unbranched alkanes of at least 4 members (excludes halogenated alkanes) is 1. The molecule has 3 N–H and O–H groups in total. The lowest BCUT2D eigenvalue weighted by Gasteiger charge is -2.36. The first-order valence-corrected chi connectivity index (χ1v) is 15.9. The molecule has 11 nitrogen and oxygen atoms in total. The maximum absolute atomic E-state index is 12.2. The average Bonchev–Trinajstić information content (AvgIpc) is 3.49. The second kappa shape index (κ2) is 15.8. The number of aliphatic hydroxyl groups excluding tert-OH is 1. The maximum Gasteiger partial charge on any atom is 0.303 e. The fourth-order valence-corrected chi connectivity index (χ4v) is 5.95. The zero-order valence-corrected chi connectivity index (χ0v) is 25.9. The van der Waals surface area contributed by atoms with E-state index in [0.29, 0.717) is 43.1 Å². The highest BCUT2D eigenvalue weighted by Gasteiger charge is 2.32. The highest BCUT2D eigenvalue weighted by molar-refractivity contribution is 7.99. The van der Waals surface area contributed by atoms with Crippen molar-refractivity contribution >= 4 is 23.6 Å². The number of aromatic nitrogens is 4. The smallest absolute Gasteiger partial charge is 0.303 e. The molecule has 3 atom stereocenters. The van der Waals surface area contributed by atoms with Crippen LogP contribution in [0.4, 0.5) is 0 Å². The highest BCUT2D eigenvalue weighted by atomic mass is 32.2. The number of hydrogen-bond acceptors (Lipinski definition) is 9. The molecule has 0 radical (unpaired) electrons. The minimum atomic E-state index is -0.843. The highest BCUT2D eigenvalue weighted by Crippen LogP contribution is 2.39. The number of aliphatic hydroxyl groups is 1. The Labute approximate surface area is 266 Å². The molecule has 236 valence electrons. The molecule has 45 heavy (non-hydrogen) atoms. The molecule has 2 heterocycles. The van der Waals surface area contributed by atoms with Gasteiger partial charge in [-0.3, -0.25) is 9.59 Å². The van der Waals surface area contributed by atoms with Gasteiger partial charge in [0.05, 0.1) is 18.8 Å². The largest absolute Gasteiger partial charge is 0.481 e. The van der Waals surface area contributed by atoms with Gasteiger partial charge in [-0.05, 0) is 57.2 Å². The van der Waals surface area contributed by atoms with Gasteiger partial charge in [-0.1, -0.05) is 78.5 Å². The van der Waals surface area contributed by atoms with Gasteiger partial charge >= 0.3 is 5.97 Å². The number of amides is 1. The summed E-state index contributed by atoms with van der Waals surface area (Å²) in [5.41, 5.74) is 5.79. The quantitative estimate of drug-likeness (QED) is 0.129. The fraction of sp³-hybridized carbons (Fsp3) is 0.364. The van der Waals surface area contributed by atoms with Crippen molar-refractivity contribution in [2.75, 3.05) is 5.75 Å². The van der Waals surface area contributed by atoms with E-state index >= 15 is 0 Å². The van der Waals surface area contributed by atoms with Gasteiger partial charge in [-0.15, -0.1) is 5.10 Å². The number of carboxylic acid groups (broad SMARTS) is 1.